The molecule has 0 saturated heterocycles. The fraction of sp³-hybridized carbons (Fsp3) is 0.690. The molecule has 2 rings (SSSR count). The fourth-order valence-electron chi connectivity index (χ4n) is 4.69. The molecule has 0 atom stereocenters. The van der Waals surface area contributed by atoms with E-state index < -0.39 is 11.9 Å². The van der Waals surface area contributed by atoms with Gasteiger partial charge in [-0.25, -0.2) is 9.59 Å². The minimum absolute atomic E-state index is 0.192. The first-order valence-electron chi connectivity index (χ1n) is 14.0. The summed E-state index contributed by atoms with van der Waals surface area (Å²) < 4.78 is 26.2. The molecule has 0 aliphatic heterocycles. The molecule has 2 aliphatic rings. The van der Waals surface area contributed by atoms with Crippen molar-refractivity contribution in [2.75, 3.05) is 26.4 Å². The molecule has 218 valence electrons. The summed E-state index contributed by atoms with van der Waals surface area (Å²) in [6.07, 6.45) is 9.26. The average Bonchev–Trinajstić information content (AvgIpc) is 2.96. The predicted molar refractivity (Wildman–Crippen MR) is 140 cm³/mol. The number of carbonyl (C=O) groups excluding carboxylic acids is 5. The average molecular weight is 551 g/mol. The van der Waals surface area contributed by atoms with E-state index in [1.807, 2.05) is 0 Å². The highest BCUT2D eigenvalue weighted by atomic mass is 16.6. The van der Waals surface area contributed by atoms with Crippen LogP contribution in [0.1, 0.15) is 77.0 Å². The minimum Gasteiger partial charge on any atom is -0.465 e. The van der Waals surface area contributed by atoms with Crippen LogP contribution in [0.4, 0.5) is 0 Å². The molecule has 10 heteroatoms. The monoisotopic (exact) mass is 550 g/mol. The normalized spacial score (nSPS) is 22.6. The van der Waals surface area contributed by atoms with E-state index in [-0.39, 0.29) is 68.2 Å². The second kappa shape index (κ2) is 18.2. The second-order valence-corrected chi connectivity index (χ2v) is 9.95. The van der Waals surface area contributed by atoms with Gasteiger partial charge < -0.3 is 23.7 Å². The van der Waals surface area contributed by atoms with Crippen molar-refractivity contribution in [1.82, 2.24) is 0 Å². The largest absolute Gasteiger partial charge is 0.465 e. The van der Waals surface area contributed by atoms with E-state index in [1.54, 1.807) is 0 Å². The first kappa shape index (κ1) is 32.0. The maximum atomic E-state index is 12.7. The third kappa shape index (κ3) is 12.5. The summed E-state index contributed by atoms with van der Waals surface area (Å²) in [5.74, 6) is -2.26. The molecule has 0 unspecified atom stereocenters. The van der Waals surface area contributed by atoms with Crippen molar-refractivity contribution in [3.8, 4) is 0 Å². The van der Waals surface area contributed by atoms with E-state index in [9.17, 15) is 24.0 Å². The van der Waals surface area contributed by atoms with Crippen LogP contribution in [-0.2, 0) is 47.7 Å². The van der Waals surface area contributed by atoms with Crippen LogP contribution in [0.5, 0.6) is 0 Å². The van der Waals surface area contributed by atoms with E-state index in [4.69, 9.17) is 23.7 Å². The van der Waals surface area contributed by atoms with Crippen LogP contribution in [0.3, 0.4) is 0 Å². The Kier molecular flexibility index (Phi) is 14.9. The molecule has 10 nitrogen and oxygen atoms in total. The van der Waals surface area contributed by atoms with Gasteiger partial charge in [0.05, 0.1) is 44.2 Å². The summed E-state index contributed by atoms with van der Waals surface area (Å²) in [5.41, 5.74) is 0. The molecule has 2 fully saturated rings. The first-order chi connectivity index (χ1) is 18.8. The number of ether oxygens (including phenoxy) is 5. The molecule has 0 bridgehead atoms. The Balaban J connectivity index is 1.54. The highest BCUT2D eigenvalue weighted by molar-refractivity contribution is 5.81. The van der Waals surface area contributed by atoms with Crippen LogP contribution in [0.2, 0.25) is 0 Å². The van der Waals surface area contributed by atoms with Crippen molar-refractivity contribution in [2.24, 2.45) is 17.8 Å². The lowest BCUT2D eigenvalue weighted by Crippen LogP contribution is -2.33. The van der Waals surface area contributed by atoms with Crippen molar-refractivity contribution in [3.05, 3.63) is 25.3 Å². The molecular formula is C29H42O10. The van der Waals surface area contributed by atoms with Crippen molar-refractivity contribution < 1.29 is 47.7 Å². The Morgan fingerprint density at radius 1 is 0.513 bits per heavy atom. The maximum absolute atomic E-state index is 12.7. The zero-order chi connectivity index (χ0) is 28.5. The summed E-state index contributed by atoms with van der Waals surface area (Å²) >= 11 is 0. The van der Waals surface area contributed by atoms with Gasteiger partial charge in [-0.3, -0.25) is 14.4 Å². The van der Waals surface area contributed by atoms with Gasteiger partial charge in [0.2, 0.25) is 0 Å². The molecule has 2 saturated carbocycles. The van der Waals surface area contributed by atoms with E-state index in [2.05, 4.69) is 13.2 Å². The summed E-state index contributed by atoms with van der Waals surface area (Å²) in [6, 6.07) is 0. The van der Waals surface area contributed by atoms with E-state index >= 15 is 0 Å². The molecule has 39 heavy (non-hydrogen) atoms. The lowest BCUT2D eigenvalue weighted by molar-refractivity contribution is -0.161. The van der Waals surface area contributed by atoms with Gasteiger partial charge in [-0.05, 0) is 77.0 Å². The topological polar surface area (TPSA) is 132 Å². The molecular weight excluding hydrogens is 508 g/mol. The molecule has 0 radical (unpaired) electrons. The molecule has 0 aromatic carbocycles. The van der Waals surface area contributed by atoms with Crippen molar-refractivity contribution >= 4 is 29.8 Å². The summed E-state index contributed by atoms with van der Waals surface area (Å²) in [7, 11) is 0. The molecule has 0 amide bonds. The van der Waals surface area contributed by atoms with Crippen LogP contribution in [0, 0.1) is 17.8 Å². The summed E-state index contributed by atoms with van der Waals surface area (Å²) in [6.45, 7) is 7.73. The molecule has 0 heterocycles. The quantitative estimate of drug-likeness (QED) is 0.120. The Labute approximate surface area is 230 Å². The second-order valence-electron chi connectivity index (χ2n) is 9.95. The lowest BCUT2D eigenvalue weighted by atomic mass is 9.82. The van der Waals surface area contributed by atoms with Gasteiger partial charge in [0.1, 0.15) is 6.10 Å². The van der Waals surface area contributed by atoms with Gasteiger partial charge in [-0.1, -0.05) is 13.2 Å². The van der Waals surface area contributed by atoms with Crippen molar-refractivity contribution in [2.45, 2.75) is 83.2 Å². The van der Waals surface area contributed by atoms with Gasteiger partial charge in [0.15, 0.2) is 0 Å². The van der Waals surface area contributed by atoms with Gasteiger partial charge in [-0.2, -0.15) is 0 Å². The Bertz CT molecular complexity index is 835. The van der Waals surface area contributed by atoms with Crippen LogP contribution in [0.15, 0.2) is 25.3 Å². The number of carbonyl (C=O) groups is 5. The predicted octanol–water partition coefficient (Wildman–Crippen LogP) is 4.00. The summed E-state index contributed by atoms with van der Waals surface area (Å²) in [4.78, 5) is 59.2. The molecule has 2 aliphatic carbocycles. The summed E-state index contributed by atoms with van der Waals surface area (Å²) in [5, 5.41) is 0. The van der Waals surface area contributed by atoms with E-state index in [1.165, 1.54) is 0 Å². The highest BCUT2D eigenvalue weighted by Crippen LogP contribution is 2.33. The zero-order valence-corrected chi connectivity index (χ0v) is 22.8. The fourth-order valence-corrected chi connectivity index (χ4v) is 4.69. The van der Waals surface area contributed by atoms with Crippen LogP contribution in [0.25, 0.3) is 0 Å². The van der Waals surface area contributed by atoms with Gasteiger partial charge >= 0.3 is 29.8 Å². The number of unbranched alkanes of at least 4 members (excludes halogenated alkanes) is 2. The molecule has 0 spiro atoms. The van der Waals surface area contributed by atoms with Crippen molar-refractivity contribution in [3.63, 3.8) is 0 Å². The molecule has 0 aromatic heterocycles. The number of rotatable bonds is 16. The first-order valence-corrected chi connectivity index (χ1v) is 14.0. The van der Waals surface area contributed by atoms with E-state index in [0.717, 1.165) is 12.2 Å². The smallest absolute Gasteiger partial charge is 0.330 e. The lowest BCUT2D eigenvalue weighted by Gasteiger charge is -2.30. The van der Waals surface area contributed by atoms with Crippen molar-refractivity contribution in [1.29, 1.82) is 0 Å². The number of hydrogen-bond acceptors (Lipinski definition) is 10. The van der Waals surface area contributed by atoms with Crippen LogP contribution >= 0.6 is 0 Å². The third-order valence-corrected chi connectivity index (χ3v) is 7.07. The van der Waals surface area contributed by atoms with Crippen LogP contribution < -0.4 is 0 Å². The minimum atomic E-state index is -0.468. The number of hydrogen-bond donors (Lipinski definition) is 0. The third-order valence-electron chi connectivity index (χ3n) is 7.07. The highest BCUT2D eigenvalue weighted by Gasteiger charge is 2.34. The number of esters is 5. The standard InChI is InChI=1S/C29H42O10/c1-3-25(30)35-17-5-7-19-37-27(32)21-9-11-23(12-10-21)29(34)39-24-15-13-22(14-16-24)28(33)38-20-8-6-18-36-26(31)4-2/h3-4,21-24H,1-2,5-20H2. The molecule has 0 N–H and O–H groups in total. The van der Waals surface area contributed by atoms with Gasteiger partial charge in [0, 0.05) is 12.2 Å². The maximum Gasteiger partial charge on any atom is 0.330 e. The Morgan fingerprint density at radius 3 is 1.23 bits per heavy atom. The van der Waals surface area contributed by atoms with Gasteiger partial charge in [-0.15, -0.1) is 0 Å². The zero-order valence-electron chi connectivity index (χ0n) is 22.8. The Morgan fingerprint density at radius 2 is 0.846 bits per heavy atom. The molecule has 0 aromatic rings. The van der Waals surface area contributed by atoms with Gasteiger partial charge in [0.25, 0.3) is 0 Å². The van der Waals surface area contributed by atoms with E-state index in [0.29, 0.717) is 77.0 Å². The van der Waals surface area contributed by atoms with Crippen LogP contribution in [-0.4, -0.2) is 62.4 Å². The SMILES string of the molecule is C=CC(=O)OCCCCOC(=O)C1CCC(OC(=O)C2CCC(C(=O)OCCCCOC(=O)C=C)CC2)CC1. The Hall–Kier alpha value is -3.17.